The molecule has 1 aliphatic carbocycles. The number of hydrogen-bond donors (Lipinski definition) is 1. The van der Waals surface area contributed by atoms with Gasteiger partial charge in [-0.25, -0.2) is 0 Å². The first-order chi connectivity index (χ1) is 13.7. The second kappa shape index (κ2) is 10.3. The summed E-state index contributed by atoms with van der Waals surface area (Å²) < 4.78 is 5.68. The van der Waals surface area contributed by atoms with Crippen LogP contribution in [0.5, 0.6) is 5.75 Å². The summed E-state index contributed by atoms with van der Waals surface area (Å²) in [6, 6.07) is 12.0. The van der Waals surface area contributed by atoms with Crippen LogP contribution in [0.4, 0.5) is 5.00 Å². The van der Waals surface area contributed by atoms with Crippen LogP contribution in [0.15, 0.2) is 30.3 Å². The highest BCUT2D eigenvalue weighted by Gasteiger charge is 2.21. The molecule has 6 heteroatoms. The summed E-state index contributed by atoms with van der Waals surface area (Å²) in [6.45, 7) is 1.69. The number of aryl methyl sites for hydroxylation is 1. The van der Waals surface area contributed by atoms with E-state index >= 15 is 0 Å². The van der Waals surface area contributed by atoms with E-state index in [-0.39, 0.29) is 5.91 Å². The van der Waals surface area contributed by atoms with Crippen LogP contribution in [0.1, 0.15) is 41.7 Å². The first-order valence-electron chi connectivity index (χ1n) is 9.88. The maximum Gasteiger partial charge on any atom is 0.239 e. The number of para-hydroxylation sites is 1. The minimum Gasteiger partial charge on any atom is -0.494 e. The molecule has 0 saturated heterocycles. The Kier molecular flexibility index (Phi) is 7.46. The molecule has 0 unspecified atom stereocenters. The fourth-order valence-corrected chi connectivity index (χ4v) is 4.74. The summed E-state index contributed by atoms with van der Waals surface area (Å²) in [4.78, 5) is 15.7. The Hall–Kier alpha value is -2.36. The first kappa shape index (κ1) is 20.4. The Morgan fingerprint density at radius 3 is 2.82 bits per heavy atom. The van der Waals surface area contributed by atoms with Crippen molar-refractivity contribution in [2.75, 3.05) is 32.1 Å². The number of carbonyl (C=O) groups excluding carboxylic acids is 1. The molecule has 0 fully saturated rings. The van der Waals surface area contributed by atoms with Crippen LogP contribution < -0.4 is 10.1 Å². The predicted molar refractivity (Wildman–Crippen MR) is 113 cm³/mol. The molecule has 0 bridgehead atoms. The van der Waals surface area contributed by atoms with Gasteiger partial charge in [-0.15, -0.1) is 11.3 Å². The third-order valence-corrected chi connectivity index (χ3v) is 6.10. The molecule has 1 amide bonds. The largest absolute Gasteiger partial charge is 0.494 e. The van der Waals surface area contributed by atoms with Gasteiger partial charge in [0.05, 0.1) is 18.7 Å². The number of nitrogens with one attached hydrogen (secondary N) is 1. The van der Waals surface area contributed by atoms with Gasteiger partial charge in [0.15, 0.2) is 0 Å². The minimum absolute atomic E-state index is 0.0700. The van der Waals surface area contributed by atoms with Crippen molar-refractivity contribution in [3.8, 4) is 11.8 Å². The summed E-state index contributed by atoms with van der Waals surface area (Å²) in [5.41, 5.74) is 1.83. The first-order valence-corrected chi connectivity index (χ1v) is 10.7. The third-order valence-electron chi connectivity index (χ3n) is 4.90. The molecular weight excluding hydrogens is 370 g/mol. The van der Waals surface area contributed by atoms with Crippen molar-refractivity contribution in [2.45, 2.75) is 38.5 Å². The molecule has 1 aliphatic rings. The lowest BCUT2D eigenvalue weighted by atomic mass is 10.1. The lowest BCUT2D eigenvalue weighted by Crippen LogP contribution is -2.31. The van der Waals surface area contributed by atoms with Gasteiger partial charge in [-0.2, -0.15) is 5.26 Å². The number of likely N-dealkylation sites (N-methyl/N-ethyl adjacent to an activating group) is 1. The molecule has 1 N–H and O–H groups in total. The van der Waals surface area contributed by atoms with E-state index in [9.17, 15) is 10.1 Å². The summed E-state index contributed by atoms with van der Waals surface area (Å²) in [5.74, 6) is 0.795. The molecule has 0 atom stereocenters. The van der Waals surface area contributed by atoms with Crippen molar-refractivity contribution in [1.82, 2.24) is 4.90 Å². The Morgan fingerprint density at radius 1 is 1.25 bits per heavy atom. The van der Waals surface area contributed by atoms with Gasteiger partial charge in [0.1, 0.15) is 16.8 Å². The van der Waals surface area contributed by atoms with Crippen molar-refractivity contribution in [2.24, 2.45) is 0 Å². The number of anilines is 1. The number of ether oxygens (including phenoxy) is 1. The van der Waals surface area contributed by atoms with Crippen LogP contribution >= 0.6 is 11.3 Å². The van der Waals surface area contributed by atoms with Gasteiger partial charge in [0, 0.05) is 11.4 Å². The van der Waals surface area contributed by atoms with Crippen LogP contribution in [-0.2, 0) is 17.6 Å². The van der Waals surface area contributed by atoms with Crippen molar-refractivity contribution < 1.29 is 9.53 Å². The topological polar surface area (TPSA) is 65.4 Å². The summed E-state index contributed by atoms with van der Waals surface area (Å²) in [6.07, 6.45) is 6.32. The van der Waals surface area contributed by atoms with E-state index in [1.807, 2.05) is 42.3 Å². The van der Waals surface area contributed by atoms with Gasteiger partial charge in [0.2, 0.25) is 5.91 Å². The van der Waals surface area contributed by atoms with Crippen molar-refractivity contribution in [1.29, 1.82) is 5.26 Å². The van der Waals surface area contributed by atoms with Gasteiger partial charge < -0.3 is 10.1 Å². The minimum atomic E-state index is -0.0700. The van der Waals surface area contributed by atoms with Crippen molar-refractivity contribution in [3.05, 3.63) is 46.3 Å². The quantitative estimate of drug-likeness (QED) is 0.535. The Bertz CT molecular complexity index is 826. The second-order valence-corrected chi connectivity index (χ2v) is 8.29. The van der Waals surface area contributed by atoms with E-state index < -0.39 is 0 Å². The van der Waals surface area contributed by atoms with Gasteiger partial charge in [0.25, 0.3) is 0 Å². The molecule has 0 spiro atoms. The number of nitriles is 1. The number of nitrogens with zero attached hydrogens (tertiary/aromatic N) is 2. The van der Waals surface area contributed by atoms with Gasteiger partial charge >= 0.3 is 0 Å². The molecule has 28 heavy (non-hydrogen) atoms. The van der Waals surface area contributed by atoms with Gasteiger partial charge in [-0.3, -0.25) is 9.69 Å². The second-order valence-electron chi connectivity index (χ2n) is 7.18. The standard InChI is InChI=1S/C22H27N3O2S/c1-25(13-8-14-27-17-9-4-2-5-10-17)16-21(26)24-22-19(15-23)18-11-6-3-7-12-20(18)28-22/h2,4-5,9-10H,3,6-8,11-14,16H2,1H3,(H,24,26). The fourth-order valence-electron chi connectivity index (χ4n) is 3.48. The van der Waals surface area contributed by atoms with Crippen LogP contribution in [0, 0.1) is 11.3 Å². The number of fused-ring (bicyclic) bond motifs is 1. The summed E-state index contributed by atoms with van der Waals surface area (Å²) in [7, 11) is 1.93. The highest BCUT2D eigenvalue weighted by Crippen LogP contribution is 2.36. The highest BCUT2D eigenvalue weighted by atomic mass is 32.1. The van der Waals surface area contributed by atoms with E-state index in [0.717, 1.165) is 48.5 Å². The average Bonchev–Trinajstić information content (AvgIpc) is 2.85. The Balaban J connectivity index is 1.45. The molecule has 5 nitrogen and oxygen atoms in total. The number of carbonyl (C=O) groups is 1. The Morgan fingerprint density at radius 2 is 2.04 bits per heavy atom. The lowest BCUT2D eigenvalue weighted by molar-refractivity contribution is -0.117. The maximum atomic E-state index is 12.4. The van der Waals surface area contributed by atoms with E-state index in [1.54, 1.807) is 11.3 Å². The molecule has 0 saturated carbocycles. The van der Waals surface area contributed by atoms with E-state index in [1.165, 1.54) is 17.7 Å². The van der Waals surface area contributed by atoms with Crippen LogP contribution in [-0.4, -0.2) is 37.6 Å². The number of thiophene rings is 1. The molecule has 3 rings (SSSR count). The van der Waals surface area contributed by atoms with E-state index in [0.29, 0.717) is 18.7 Å². The van der Waals surface area contributed by atoms with Crippen LogP contribution in [0.25, 0.3) is 0 Å². The fraction of sp³-hybridized carbons (Fsp3) is 0.455. The Labute approximate surface area is 170 Å². The molecule has 1 aromatic carbocycles. The maximum absolute atomic E-state index is 12.4. The van der Waals surface area contributed by atoms with Crippen LogP contribution in [0.2, 0.25) is 0 Å². The number of amides is 1. The molecule has 1 heterocycles. The van der Waals surface area contributed by atoms with Gasteiger partial charge in [-0.05, 0) is 56.8 Å². The number of benzene rings is 1. The zero-order valence-corrected chi connectivity index (χ0v) is 17.2. The monoisotopic (exact) mass is 397 g/mol. The van der Waals surface area contributed by atoms with Crippen LogP contribution in [0.3, 0.4) is 0 Å². The SMILES string of the molecule is CN(CCCOc1ccccc1)CC(=O)Nc1sc2c(c1C#N)CCCCC2. The lowest BCUT2D eigenvalue weighted by Gasteiger charge is -2.16. The van der Waals surface area contributed by atoms with Crippen molar-refractivity contribution in [3.63, 3.8) is 0 Å². The third kappa shape index (κ3) is 5.57. The summed E-state index contributed by atoms with van der Waals surface area (Å²) >= 11 is 1.58. The number of hydrogen-bond acceptors (Lipinski definition) is 5. The molecular formula is C22H27N3O2S. The molecule has 1 aromatic heterocycles. The summed E-state index contributed by atoms with van der Waals surface area (Å²) in [5, 5.41) is 13.3. The average molecular weight is 398 g/mol. The van der Waals surface area contributed by atoms with Crippen molar-refractivity contribution >= 4 is 22.2 Å². The molecule has 0 aliphatic heterocycles. The zero-order chi connectivity index (χ0) is 19.8. The van der Waals surface area contributed by atoms with E-state index in [4.69, 9.17) is 4.74 Å². The van der Waals surface area contributed by atoms with Gasteiger partial charge in [-0.1, -0.05) is 24.6 Å². The molecule has 148 valence electrons. The number of rotatable bonds is 8. The zero-order valence-electron chi connectivity index (χ0n) is 16.4. The molecule has 2 aromatic rings. The highest BCUT2D eigenvalue weighted by molar-refractivity contribution is 7.16. The molecule has 0 radical (unpaired) electrons. The normalized spacial score (nSPS) is 13.5. The predicted octanol–water partition coefficient (Wildman–Crippen LogP) is 4.23. The smallest absolute Gasteiger partial charge is 0.239 e. The van der Waals surface area contributed by atoms with E-state index in [2.05, 4.69) is 11.4 Å².